The van der Waals surface area contributed by atoms with E-state index in [4.69, 9.17) is 0 Å². The molecule has 0 unspecified atom stereocenters. The second-order valence-electron chi connectivity index (χ2n) is 8.82. The molecule has 0 radical (unpaired) electrons. The number of nitrogens with zero attached hydrogens (tertiary/aromatic N) is 2. The topological polar surface area (TPSA) is 64.7 Å². The van der Waals surface area contributed by atoms with Crippen molar-refractivity contribution in [2.45, 2.75) is 65.2 Å². The van der Waals surface area contributed by atoms with Crippen LogP contribution in [0.1, 0.15) is 85.9 Å². The third-order valence-corrected chi connectivity index (χ3v) is 5.75. The lowest BCUT2D eigenvalue weighted by Gasteiger charge is -2.17. The number of hydrogen-bond donors (Lipinski definition) is 2. The van der Waals surface area contributed by atoms with Crippen LogP contribution in [0.15, 0.2) is 24.3 Å². The van der Waals surface area contributed by atoms with Gasteiger partial charge >= 0.3 is 0 Å². The predicted octanol–water partition coefficient (Wildman–Crippen LogP) is 4.17. The Morgan fingerprint density at radius 2 is 1.00 bits per heavy atom. The Morgan fingerprint density at radius 3 is 1.34 bits per heavy atom. The van der Waals surface area contributed by atoms with E-state index in [0.29, 0.717) is 24.2 Å². The quantitative estimate of drug-likeness (QED) is 0.332. The van der Waals surface area contributed by atoms with Crippen LogP contribution in [0.4, 0.5) is 0 Å². The molecule has 0 fully saturated rings. The van der Waals surface area contributed by atoms with Gasteiger partial charge in [0.05, 0.1) is 0 Å². The van der Waals surface area contributed by atoms with Crippen LogP contribution in [-0.4, -0.2) is 75.0 Å². The summed E-state index contributed by atoms with van der Waals surface area (Å²) in [6.07, 6.45) is 10.0. The smallest absolute Gasteiger partial charge is 0.251 e. The number of unbranched alkanes of at least 4 members (excludes halogenated alkanes) is 6. The third-order valence-electron chi connectivity index (χ3n) is 5.75. The second kappa shape index (κ2) is 17.6. The molecule has 0 bridgehead atoms. The molecule has 182 valence electrons. The molecule has 0 aliphatic heterocycles. The van der Waals surface area contributed by atoms with Crippen molar-refractivity contribution < 1.29 is 9.59 Å². The minimum atomic E-state index is -0.0963. The van der Waals surface area contributed by atoms with E-state index in [0.717, 1.165) is 26.2 Å². The van der Waals surface area contributed by atoms with Gasteiger partial charge in [0.1, 0.15) is 0 Å². The average molecular weight is 447 g/mol. The van der Waals surface area contributed by atoms with Crippen LogP contribution in [-0.2, 0) is 0 Å². The highest BCUT2D eigenvalue weighted by atomic mass is 16.2. The largest absolute Gasteiger partial charge is 0.351 e. The van der Waals surface area contributed by atoms with Gasteiger partial charge in [-0.25, -0.2) is 0 Å². The summed E-state index contributed by atoms with van der Waals surface area (Å²) in [5.74, 6) is -0.193. The zero-order valence-electron chi connectivity index (χ0n) is 20.9. The number of hydrogen-bond acceptors (Lipinski definition) is 4. The Hall–Kier alpha value is -1.92. The highest BCUT2D eigenvalue weighted by molar-refractivity contribution is 5.97. The van der Waals surface area contributed by atoms with Gasteiger partial charge in [-0.1, -0.05) is 52.4 Å². The van der Waals surface area contributed by atoms with E-state index >= 15 is 0 Å². The molecule has 1 aromatic rings. The second-order valence-corrected chi connectivity index (χ2v) is 8.82. The standard InChI is InChI=1S/C26H46N4O2/c1-5-7-9-11-19-29(3)21-17-27-25(31)23-13-15-24(16-14-23)26(32)28-18-22-30(4)20-12-10-8-6-2/h13-16H,5-12,17-22H2,1-4H3,(H,27,31)(H,28,32). The monoisotopic (exact) mass is 446 g/mol. The SMILES string of the molecule is CCCCCCN(C)CCNC(=O)c1ccc(C(=O)NCCN(C)CCCCCC)cc1. The minimum Gasteiger partial charge on any atom is -0.351 e. The highest BCUT2D eigenvalue weighted by Crippen LogP contribution is 2.05. The average Bonchev–Trinajstić information content (AvgIpc) is 2.79. The predicted molar refractivity (Wildman–Crippen MR) is 134 cm³/mol. The van der Waals surface area contributed by atoms with Gasteiger partial charge in [-0.05, 0) is 64.3 Å². The number of carbonyl (C=O) groups excluding carboxylic acids is 2. The number of rotatable bonds is 18. The lowest BCUT2D eigenvalue weighted by molar-refractivity contribution is 0.0938. The summed E-state index contributed by atoms with van der Waals surface area (Å²) in [6, 6.07) is 6.88. The fraction of sp³-hybridized carbons (Fsp3) is 0.692. The minimum absolute atomic E-state index is 0.0963. The van der Waals surface area contributed by atoms with Gasteiger partial charge in [0.15, 0.2) is 0 Å². The van der Waals surface area contributed by atoms with Gasteiger partial charge in [0, 0.05) is 37.3 Å². The lowest BCUT2D eigenvalue weighted by Crippen LogP contribution is -2.34. The van der Waals surface area contributed by atoms with Crippen molar-refractivity contribution in [3.05, 3.63) is 35.4 Å². The van der Waals surface area contributed by atoms with Crippen molar-refractivity contribution >= 4 is 11.8 Å². The molecule has 2 amide bonds. The maximum atomic E-state index is 12.3. The molecule has 6 heteroatoms. The fourth-order valence-electron chi connectivity index (χ4n) is 3.54. The summed E-state index contributed by atoms with van der Waals surface area (Å²) in [7, 11) is 4.19. The van der Waals surface area contributed by atoms with Crippen molar-refractivity contribution in [1.82, 2.24) is 20.4 Å². The van der Waals surface area contributed by atoms with Gasteiger partial charge in [-0.15, -0.1) is 0 Å². The van der Waals surface area contributed by atoms with Crippen molar-refractivity contribution in [2.75, 3.05) is 53.4 Å². The molecule has 1 rings (SSSR count). The summed E-state index contributed by atoms with van der Waals surface area (Å²) >= 11 is 0. The number of carbonyl (C=O) groups is 2. The van der Waals surface area contributed by atoms with Crippen molar-refractivity contribution in [3.63, 3.8) is 0 Å². The van der Waals surface area contributed by atoms with E-state index in [1.54, 1.807) is 24.3 Å². The Balaban J connectivity index is 2.26. The zero-order chi connectivity index (χ0) is 23.6. The molecule has 0 heterocycles. The molecule has 0 spiro atoms. The molecule has 0 aromatic heterocycles. The van der Waals surface area contributed by atoms with Crippen molar-refractivity contribution in [2.24, 2.45) is 0 Å². The summed E-state index contributed by atoms with van der Waals surface area (Å²) in [5, 5.41) is 5.93. The van der Waals surface area contributed by atoms with E-state index in [2.05, 4.69) is 48.4 Å². The van der Waals surface area contributed by atoms with E-state index in [9.17, 15) is 9.59 Å². The van der Waals surface area contributed by atoms with Gasteiger partial charge in [0.25, 0.3) is 11.8 Å². The first kappa shape index (κ1) is 28.1. The van der Waals surface area contributed by atoms with Crippen LogP contribution in [0.2, 0.25) is 0 Å². The van der Waals surface area contributed by atoms with E-state index in [-0.39, 0.29) is 11.8 Å². The molecule has 0 saturated carbocycles. The summed E-state index contributed by atoms with van der Waals surface area (Å²) in [4.78, 5) is 29.2. The van der Waals surface area contributed by atoms with Crippen LogP contribution < -0.4 is 10.6 Å². The highest BCUT2D eigenvalue weighted by Gasteiger charge is 2.09. The number of nitrogens with one attached hydrogen (secondary N) is 2. The number of amides is 2. The molecule has 0 aliphatic carbocycles. The first-order valence-corrected chi connectivity index (χ1v) is 12.5. The van der Waals surface area contributed by atoms with Gasteiger partial charge < -0.3 is 20.4 Å². The van der Waals surface area contributed by atoms with Crippen LogP contribution in [0.25, 0.3) is 0 Å². The van der Waals surface area contributed by atoms with E-state index in [1.807, 2.05) is 0 Å². The first-order valence-electron chi connectivity index (χ1n) is 12.5. The molecular weight excluding hydrogens is 400 g/mol. The summed E-state index contributed by atoms with van der Waals surface area (Å²) in [6.45, 7) is 9.48. The van der Waals surface area contributed by atoms with Crippen LogP contribution in [0.5, 0.6) is 0 Å². The van der Waals surface area contributed by atoms with Crippen molar-refractivity contribution in [3.8, 4) is 0 Å². The summed E-state index contributed by atoms with van der Waals surface area (Å²) < 4.78 is 0. The van der Waals surface area contributed by atoms with E-state index in [1.165, 1.54) is 51.4 Å². The van der Waals surface area contributed by atoms with Gasteiger partial charge in [-0.2, -0.15) is 0 Å². The Bertz CT molecular complexity index is 578. The summed E-state index contributed by atoms with van der Waals surface area (Å²) in [5.41, 5.74) is 1.16. The molecule has 0 atom stereocenters. The fourth-order valence-corrected chi connectivity index (χ4v) is 3.54. The van der Waals surface area contributed by atoms with Crippen LogP contribution >= 0.6 is 0 Å². The normalized spacial score (nSPS) is 11.2. The van der Waals surface area contributed by atoms with Gasteiger partial charge in [-0.3, -0.25) is 9.59 Å². The number of benzene rings is 1. The molecule has 0 saturated heterocycles. The third kappa shape index (κ3) is 12.8. The molecule has 6 nitrogen and oxygen atoms in total. The molecule has 2 N–H and O–H groups in total. The lowest BCUT2D eigenvalue weighted by atomic mass is 10.1. The van der Waals surface area contributed by atoms with Crippen LogP contribution in [0, 0.1) is 0 Å². The first-order chi connectivity index (χ1) is 15.5. The molecule has 32 heavy (non-hydrogen) atoms. The van der Waals surface area contributed by atoms with E-state index < -0.39 is 0 Å². The molecule has 0 aliphatic rings. The molecular formula is C26H46N4O2. The maximum absolute atomic E-state index is 12.3. The maximum Gasteiger partial charge on any atom is 0.251 e. The van der Waals surface area contributed by atoms with Crippen molar-refractivity contribution in [1.29, 1.82) is 0 Å². The Labute approximate surface area is 196 Å². The van der Waals surface area contributed by atoms with Gasteiger partial charge in [0.2, 0.25) is 0 Å². The number of likely N-dealkylation sites (N-methyl/N-ethyl adjacent to an activating group) is 2. The zero-order valence-corrected chi connectivity index (χ0v) is 20.9. The Kier molecular flexibility index (Phi) is 15.5. The van der Waals surface area contributed by atoms with Crippen LogP contribution in [0.3, 0.4) is 0 Å². The molecule has 1 aromatic carbocycles. The Morgan fingerprint density at radius 1 is 0.625 bits per heavy atom.